The smallest absolute Gasteiger partial charge is 0.253 e. The average Bonchev–Trinajstić information content (AvgIpc) is 2.61. The zero-order valence-electron chi connectivity index (χ0n) is 14.7. The third-order valence-corrected chi connectivity index (χ3v) is 4.36. The predicted octanol–water partition coefficient (Wildman–Crippen LogP) is 3.50. The lowest BCUT2D eigenvalue weighted by Crippen LogP contribution is -2.45. The summed E-state index contributed by atoms with van der Waals surface area (Å²) in [6.45, 7) is 2.72. The van der Waals surface area contributed by atoms with Gasteiger partial charge in [0.1, 0.15) is 5.82 Å². The molecule has 0 unspecified atom stereocenters. The van der Waals surface area contributed by atoms with Gasteiger partial charge in [-0.2, -0.15) is 0 Å². The van der Waals surface area contributed by atoms with Crippen LogP contribution >= 0.6 is 0 Å². The van der Waals surface area contributed by atoms with Gasteiger partial charge in [-0.15, -0.1) is 0 Å². The number of carbonyl (C=O) groups is 2. The summed E-state index contributed by atoms with van der Waals surface area (Å²) in [7, 11) is 0. The Labute approximate surface area is 152 Å². The number of benzene rings is 2. The van der Waals surface area contributed by atoms with Gasteiger partial charge in [0.25, 0.3) is 5.91 Å². The van der Waals surface area contributed by atoms with Crippen molar-refractivity contribution in [2.24, 2.45) is 0 Å². The van der Waals surface area contributed by atoms with Gasteiger partial charge in [0.15, 0.2) is 0 Å². The van der Waals surface area contributed by atoms with Crippen molar-refractivity contribution in [3.63, 3.8) is 0 Å². The molecule has 1 heterocycles. The summed E-state index contributed by atoms with van der Waals surface area (Å²) in [4.78, 5) is 25.6. The van der Waals surface area contributed by atoms with Gasteiger partial charge >= 0.3 is 0 Å². The number of likely N-dealkylation sites (tertiary alicyclic amines) is 1. The fourth-order valence-electron chi connectivity index (χ4n) is 3.18. The average molecular weight is 355 g/mol. The lowest BCUT2D eigenvalue weighted by atomic mass is 10.0. The molecule has 0 bridgehead atoms. The van der Waals surface area contributed by atoms with Crippen LogP contribution in [0.15, 0.2) is 48.5 Å². The molecular weight excluding hydrogens is 333 g/mol. The van der Waals surface area contributed by atoms with Gasteiger partial charge in [-0.05, 0) is 55.3 Å². The van der Waals surface area contributed by atoms with E-state index in [1.54, 1.807) is 30.3 Å². The minimum Gasteiger partial charge on any atom is -0.380 e. The second-order valence-corrected chi connectivity index (χ2v) is 6.50. The van der Waals surface area contributed by atoms with Crippen molar-refractivity contribution in [3.8, 4) is 0 Å². The van der Waals surface area contributed by atoms with Crippen molar-refractivity contribution in [3.05, 3.63) is 59.9 Å². The minimum absolute atomic E-state index is 0.0369. The van der Waals surface area contributed by atoms with Gasteiger partial charge in [0.2, 0.25) is 5.91 Å². The van der Waals surface area contributed by atoms with E-state index in [-0.39, 0.29) is 23.7 Å². The van der Waals surface area contributed by atoms with E-state index in [0.29, 0.717) is 24.3 Å². The first-order chi connectivity index (χ1) is 12.5. The van der Waals surface area contributed by atoms with Gasteiger partial charge in [0, 0.05) is 43.0 Å². The van der Waals surface area contributed by atoms with E-state index in [1.807, 2.05) is 11.0 Å². The summed E-state index contributed by atoms with van der Waals surface area (Å²) < 4.78 is 13.3. The van der Waals surface area contributed by atoms with Gasteiger partial charge in [0.05, 0.1) is 0 Å². The fourth-order valence-corrected chi connectivity index (χ4v) is 3.18. The monoisotopic (exact) mass is 355 g/mol. The van der Waals surface area contributed by atoms with Gasteiger partial charge < -0.3 is 15.5 Å². The zero-order valence-corrected chi connectivity index (χ0v) is 14.7. The number of amides is 2. The van der Waals surface area contributed by atoms with Crippen LogP contribution in [0.3, 0.4) is 0 Å². The van der Waals surface area contributed by atoms with Crippen LogP contribution in [0.2, 0.25) is 0 Å². The molecule has 3 rings (SSSR count). The molecule has 1 saturated heterocycles. The summed E-state index contributed by atoms with van der Waals surface area (Å²) >= 11 is 0. The lowest BCUT2D eigenvalue weighted by Gasteiger charge is -2.33. The van der Waals surface area contributed by atoms with Crippen LogP contribution in [-0.2, 0) is 4.79 Å². The first-order valence-corrected chi connectivity index (χ1v) is 8.70. The van der Waals surface area contributed by atoms with E-state index in [4.69, 9.17) is 0 Å². The Kier molecular flexibility index (Phi) is 5.51. The number of carbonyl (C=O) groups excluding carboxylic acids is 2. The maximum Gasteiger partial charge on any atom is 0.253 e. The topological polar surface area (TPSA) is 61.4 Å². The van der Waals surface area contributed by atoms with Crippen LogP contribution in [0.25, 0.3) is 0 Å². The second kappa shape index (κ2) is 7.99. The molecule has 5 nitrogen and oxygen atoms in total. The number of hydrogen-bond acceptors (Lipinski definition) is 3. The van der Waals surface area contributed by atoms with Gasteiger partial charge in [-0.25, -0.2) is 4.39 Å². The highest BCUT2D eigenvalue weighted by Crippen LogP contribution is 2.19. The third-order valence-electron chi connectivity index (χ3n) is 4.36. The molecule has 6 heteroatoms. The molecule has 1 aliphatic heterocycles. The molecule has 0 aromatic heterocycles. The Morgan fingerprint density at radius 2 is 1.88 bits per heavy atom. The minimum atomic E-state index is -0.280. The summed E-state index contributed by atoms with van der Waals surface area (Å²) in [6, 6.07) is 13.3. The Hall–Kier alpha value is -2.89. The molecule has 0 aliphatic carbocycles. The summed E-state index contributed by atoms with van der Waals surface area (Å²) in [5, 5.41) is 5.99. The number of rotatable bonds is 4. The standard InChI is InChI=1S/C20H22FN3O2/c1-14(25)22-17-9-7-15(8-10-17)20(26)24-11-3-6-19(13-24)23-18-5-2-4-16(21)12-18/h2,4-5,7-10,12,19,23H,3,6,11,13H2,1H3,(H,22,25)/t19-/m0/s1. The molecule has 2 aromatic rings. The zero-order chi connectivity index (χ0) is 18.5. The summed E-state index contributed by atoms with van der Waals surface area (Å²) in [5.41, 5.74) is 1.98. The molecule has 2 amide bonds. The maximum atomic E-state index is 13.3. The number of halogens is 1. The van der Waals surface area contributed by atoms with E-state index >= 15 is 0 Å². The maximum absolute atomic E-state index is 13.3. The highest BCUT2D eigenvalue weighted by Gasteiger charge is 2.24. The van der Waals surface area contributed by atoms with E-state index in [0.717, 1.165) is 18.5 Å². The summed E-state index contributed by atoms with van der Waals surface area (Å²) in [5.74, 6) is -0.463. The Morgan fingerprint density at radius 3 is 2.58 bits per heavy atom. The Morgan fingerprint density at radius 1 is 1.12 bits per heavy atom. The fraction of sp³-hybridized carbons (Fsp3) is 0.300. The van der Waals surface area contributed by atoms with Gasteiger partial charge in [-0.3, -0.25) is 9.59 Å². The van der Waals surface area contributed by atoms with Crippen LogP contribution < -0.4 is 10.6 Å². The second-order valence-electron chi connectivity index (χ2n) is 6.50. The molecule has 0 radical (unpaired) electrons. The lowest BCUT2D eigenvalue weighted by molar-refractivity contribution is -0.114. The van der Waals surface area contributed by atoms with Crippen molar-refractivity contribution in [1.29, 1.82) is 0 Å². The molecule has 1 fully saturated rings. The van der Waals surface area contributed by atoms with Crippen molar-refractivity contribution < 1.29 is 14.0 Å². The van der Waals surface area contributed by atoms with Gasteiger partial charge in [-0.1, -0.05) is 6.07 Å². The van der Waals surface area contributed by atoms with Crippen molar-refractivity contribution in [2.45, 2.75) is 25.8 Å². The molecule has 26 heavy (non-hydrogen) atoms. The van der Waals surface area contributed by atoms with E-state index in [2.05, 4.69) is 10.6 Å². The van der Waals surface area contributed by atoms with Crippen molar-refractivity contribution >= 4 is 23.2 Å². The van der Waals surface area contributed by atoms with Crippen molar-refractivity contribution in [1.82, 2.24) is 4.90 Å². The molecule has 0 spiro atoms. The molecule has 136 valence electrons. The molecular formula is C20H22FN3O2. The molecule has 0 saturated carbocycles. The normalized spacial score (nSPS) is 16.8. The summed E-state index contributed by atoms with van der Waals surface area (Å²) in [6.07, 6.45) is 1.82. The first-order valence-electron chi connectivity index (χ1n) is 8.70. The SMILES string of the molecule is CC(=O)Nc1ccc(C(=O)N2CCC[C@H](Nc3cccc(F)c3)C2)cc1. The molecule has 1 atom stereocenters. The molecule has 2 N–H and O–H groups in total. The van der Waals surface area contributed by atoms with E-state index in [9.17, 15) is 14.0 Å². The van der Waals surface area contributed by atoms with Crippen LogP contribution in [-0.4, -0.2) is 35.8 Å². The largest absolute Gasteiger partial charge is 0.380 e. The quantitative estimate of drug-likeness (QED) is 0.882. The Bertz CT molecular complexity index is 792. The Balaban J connectivity index is 1.63. The van der Waals surface area contributed by atoms with Crippen LogP contribution in [0, 0.1) is 5.82 Å². The first kappa shape index (κ1) is 17.9. The number of piperidine rings is 1. The van der Waals surface area contributed by atoms with Crippen molar-refractivity contribution in [2.75, 3.05) is 23.7 Å². The highest BCUT2D eigenvalue weighted by atomic mass is 19.1. The molecule has 1 aliphatic rings. The van der Waals surface area contributed by atoms with E-state index < -0.39 is 0 Å². The number of anilines is 2. The highest BCUT2D eigenvalue weighted by molar-refractivity contribution is 5.95. The third kappa shape index (κ3) is 4.59. The number of nitrogens with zero attached hydrogens (tertiary/aromatic N) is 1. The van der Waals surface area contributed by atoms with Crippen LogP contribution in [0.1, 0.15) is 30.1 Å². The van der Waals surface area contributed by atoms with E-state index in [1.165, 1.54) is 19.1 Å². The van der Waals surface area contributed by atoms with Crippen LogP contribution in [0.4, 0.5) is 15.8 Å². The number of hydrogen-bond donors (Lipinski definition) is 2. The molecule has 2 aromatic carbocycles. The van der Waals surface area contributed by atoms with Crippen LogP contribution in [0.5, 0.6) is 0 Å². The predicted molar refractivity (Wildman–Crippen MR) is 99.7 cm³/mol. The number of nitrogens with one attached hydrogen (secondary N) is 2.